The number of benzene rings is 2. The molecule has 0 unspecified atom stereocenters. The van der Waals surface area contributed by atoms with Crippen molar-refractivity contribution in [2.24, 2.45) is 0 Å². The number of piperazine rings is 1. The molecule has 6 heteroatoms. The number of hydrogen-bond acceptors (Lipinski definition) is 6. The van der Waals surface area contributed by atoms with Crippen LogP contribution in [0.2, 0.25) is 0 Å². The van der Waals surface area contributed by atoms with Gasteiger partial charge in [0.15, 0.2) is 17.3 Å². The fourth-order valence-electron chi connectivity index (χ4n) is 3.90. The fraction of sp³-hybridized carbons (Fsp3) is 0.391. The predicted octanol–water partition coefficient (Wildman–Crippen LogP) is 3.85. The lowest BCUT2D eigenvalue weighted by atomic mass is 10.1. The highest BCUT2D eigenvalue weighted by molar-refractivity contribution is 5.93. The molecule has 0 radical (unpaired) electrons. The van der Waals surface area contributed by atoms with E-state index in [1.54, 1.807) is 14.2 Å². The molecule has 1 aliphatic rings. The van der Waals surface area contributed by atoms with Gasteiger partial charge in [-0.1, -0.05) is 37.3 Å². The van der Waals surface area contributed by atoms with Crippen LogP contribution in [0.4, 0.5) is 5.82 Å². The molecule has 0 bridgehead atoms. The first-order valence-electron chi connectivity index (χ1n) is 10.2. The second-order valence-corrected chi connectivity index (χ2v) is 7.29. The minimum atomic E-state index is 0.677. The molecule has 0 spiro atoms. The second kappa shape index (κ2) is 8.66. The average molecular weight is 393 g/mol. The number of methoxy groups -OCH3 is 2. The monoisotopic (exact) mass is 392 g/mol. The van der Waals surface area contributed by atoms with Crippen molar-refractivity contribution in [2.75, 3.05) is 51.8 Å². The quantitative estimate of drug-likeness (QED) is 0.635. The van der Waals surface area contributed by atoms with Crippen molar-refractivity contribution in [1.82, 2.24) is 14.9 Å². The zero-order valence-electron chi connectivity index (χ0n) is 17.4. The molecule has 152 valence electrons. The van der Waals surface area contributed by atoms with Crippen LogP contribution in [0.3, 0.4) is 0 Å². The molecule has 1 fully saturated rings. The Hall–Kier alpha value is -2.86. The lowest BCUT2D eigenvalue weighted by Gasteiger charge is -2.35. The maximum atomic E-state index is 5.54. The maximum Gasteiger partial charge on any atom is 0.162 e. The third kappa shape index (κ3) is 3.98. The molecule has 1 aromatic heterocycles. The van der Waals surface area contributed by atoms with Gasteiger partial charge in [-0.3, -0.25) is 4.90 Å². The average Bonchev–Trinajstić information content (AvgIpc) is 2.78. The molecule has 2 aromatic carbocycles. The largest absolute Gasteiger partial charge is 0.493 e. The fourth-order valence-corrected chi connectivity index (χ4v) is 3.90. The van der Waals surface area contributed by atoms with Crippen LogP contribution < -0.4 is 14.4 Å². The standard InChI is InChI=1S/C23H28N4O2/c1-4-10-26-11-13-27(14-12-26)23-18-15-20(28-2)21(29-3)16-19(18)24-22(25-23)17-8-6-5-7-9-17/h5-9,15-16H,4,10-14H2,1-3H3. The van der Waals surface area contributed by atoms with Crippen LogP contribution >= 0.6 is 0 Å². The minimum Gasteiger partial charge on any atom is -0.493 e. The molecule has 3 aromatic rings. The number of anilines is 1. The molecule has 6 nitrogen and oxygen atoms in total. The van der Waals surface area contributed by atoms with Crippen LogP contribution in [0.15, 0.2) is 42.5 Å². The highest BCUT2D eigenvalue weighted by Crippen LogP contribution is 2.36. The number of nitrogens with zero attached hydrogens (tertiary/aromatic N) is 4. The maximum absolute atomic E-state index is 5.54. The van der Waals surface area contributed by atoms with Crippen LogP contribution in [0.5, 0.6) is 11.5 Å². The lowest BCUT2D eigenvalue weighted by Crippen LogP contribution is -2.47. The third-order valence-electron chi connectivity index (χ3n) is 5.42. The molecule has 0 aliphatic carbocycles. The molecule has 4 rings (SSSR count). The van der Waals surface area contributed by atoms with E-state index < -0.39 is 0 Å². The van der Waals surface area contributed by atoms with Gasteiger partial charge in [0.25, 0.3) is 0 Å². The molecule has 0 saturated carbocycles. The Balaban J connectivity index is 1.82. The van der Waals surface area contributed by atoms with Crippen LogP contribution in [0, 0.1) is 0 Å². The van der Waals surface area contributed by atoms with Crippen molar-refractivity contribution < 1.29 is 9.47 Å². The third-order valence-corrected chi connectivity index (χ3v) is 5.42. The van der Waals surface area contributed by atoms with Crippen molar-refractivity contribution in [2.45, 2.75) is 13.3 Å². The number of fused-ring (bicyclic) bond motifs is 1. The van der Waals surface area contributed by atoms with E-state index in [9.17, 15) is 0 Å². The van der Waals surface area contributed by atoms with Crippen LogP contribution in [-0.4, -0.2) is 61.8 Å². The van der Waals surface area contributed by atoms with Gasteiger partial charge in [-0.25, -0.2) is 9.97 Å². The Morgan fingerprint density at radius 3 is 2.24 bits per heavy atom. The molecule has 0 amide bonds. The van der Waals surface area contributed by atoms with Crippen LogP contribution in [0.25, 0.3) is 22.3 Å². The molecular formula is C23H28N4O2. The summed E-state index contributed by atoms with van der Waals surface area (Å²) in [5.74, 6) is 3.07. The first kappa shape index (κ1) is 19.5. The first-order chi connectivity index (χ1) is 14.2. The van der Waals surface area contributed by atoms with Gasteiger partial charge in [-0.2, -0.15) is 0 Å². The summed E-state index contributed by atoms with van der Waals surface area (Å²) < 4.78 is 11.1. The molecule has 0 atom stereocenters. The molecule has 1 aliphatic heterocycles. The van der Waals surface area contributed by atoms with Gasteiger partial charge in [0.2, 0.25) is 0 Å². The molecule has 2 heterocycles. The van der Waals surface area contributed by atoms with Crippen molar-refractivity contribution in [1.29, 1.82) is 0 Å². The minimum absolute atomic E-state index is 0.677. The number of ether oxygens (including phenoxy) is 2. The highest BCUT2D eigenvalue weighted by atomic mass is 16.5. The number of rotatable bonds is 6. The van der Waals surface area contributed by atoms with E-state index in [0.717, 1.165) is 60.8 Å². The van der Waals surface area contributed by atoms with Gasteiger partial charge in [0.05, 0.1) is 19.7 Å². The summed E-state index contributed by atoms with van der Waals surface area (Å²) in [5.41, 5.74) is 1.87. The lowest BCUT2D eigenvalue weighted by molar-refractivity contribution is 0.258. The van der Waals surface area contributed by atoms with Gasteiger partial charge < -0.3 is 14.4 Å². The smallest absolute Gasteiger partial charge is 0.162 e. The summed E-state index contributed by atoms with van der Waals surface area (Å²) >= 11 is 0. The molecular weight excluding hydrogens is 364 g/mol. The van der Waals surface area contributed by atoms with Gasteiger partial charge in [-0.15, -0.1) is 0 Å². The summed E-state index contributed by atoms with van der Waals surface area (Å²) in [7, 11) is 3.31. The SMILES string of the molecule is CCCN1CCN(c2nc(-c3ccccc3)nc3cc(OC)c(OC)cc23)CC1. The normalized spacial score (nSPS) is 14.9. The van der Waals surface area contributed by atoms with E-state index in [-0.39, 0.29) is 0 Å². The van der Waals surface area contributed by atoms with Crippen molar-refractivity contribution in [3.05, 3.63) is 42.5 Å². The van der Waals surface area contributed by atoms with Gasteiger partial charge in [0.1, 0.15) is 5.82 Å². The Morgan fingerprint density at radius 2 is 1.59 bits per heavy atom. The second-order valence-electron chi connectivity index (χ2n) is 7.29. The zero-order chi connectivity index (χ0) is 20.2. The first-order valence-corrected chi connectivity index (χ1v) is 10.2. The van der Waals surface area contributed by atoms with Crippen LogP contribution in [-0.2, 0) is 0 Å². The van der Waals surface area contributed by atoms with Crippen molar-refractivity contribution in [3.63, 3.8) is 0 Å². The Labute approximate surface area is 172 Å². The van der Waals surface area contributed by atoms with E-state index in [4.69, 9.17) is 19.4 Å². The van der Waals surface area contributed by atoms with E-state index in [1.165, 1.54) is 6.42 Å². The number of aromatic nitrogens is 2. The molecule has 0 N–H and O–H groups in total. The van der Waals surface area contributed by atoms with Crippen molar-refractivity contribution >= 4 is 16.7 Å². The summed E-state index contributed by atoms with van der Waals surface area (Å²) in [5, 5.41) is 0.992. The topological polar surface area (TPSA) is 50.7 Å². The highest BCUT2D eigenvalue weighted by Gasteiger charge is 2.22. The predicted molar refractivity (Wildman–Crippen MR) is 117 cm³/mol. The summed E-state index contributed by atoms with van der Waals surface area (Å²) in [4.78, 5) is 14.7. The summed E-state index contributed by atoms with van der Waals surface area (Å²) in [6, 6.07) is 14.1. The Kier molecular flexibility index (Phi) is 5.81. The van der Waals surface area contributed by atoms with E-state index in [0.29, 0.717) is 11.5 Å². The summed E-state index contributed by atoms with van der Waals surface area (Å²) in [6.45, 7) is 7.39. The summed E-state index contributed by atoms with van der Waals surface area (Å²) in [6.07, 6.45) is 1.19. The van der Waals surface area contributed by atoms with Gasteiger partial charge in [-0.05, 0) is 19.0 Å². The van der Waals surface area contributed by atoms with E-state index in [2.05, 4.69) is 16.7 Å². The zero-order valence-corrected chi connectivity index (χ0v) is 17.4. The Morgan fingerprint density at radius 1 is 0.897 bits per heavy atom. The van der Waals surface area contributed by atoms with E-state index in [1.807, 2.05) is 42.5 Å². The van der Waals surface area contributed by atoms with E-state index >= 15 is 0 Å². The van der Waals surface area contributed by atoms with Gasteiger partial charge in [0, 0.05) is 43.2 Å². The van der Waals surface area contributed by atoms with Crippen LogP contribution in [0.1, 0.15) is 13.3 Å². The molecule has 29 heavy (non-hydrogen) atoms. The van der Waals surface area contributed by atoms with Gasteiger partial charge >= 0.3 is 0 Å². The van der Waals surface area contributed by atoms with Crippen molar-refractivity contribution in [3.8, 4) is 22.9 Å². The Bertz CT molecular complexity index is 970. The molecule has 1 saturated heterocycles. The number of hydrogen-bond donors (Lipinski definition) is 0.